The van der Waals surface area contributed by atoms with E-state index in [4.69, 9.17) is 5.73 Å². The Morgan fingerprint density at radius 2 is 1.80 bits per heavy atom. The van der Waals surface area contributed by atoms with Gasteiger partial charge in [-0.05, 0) is 56.9 Å². The first-order chi connectivity index (χ1) is 9.54. The van der Waals surface area contributed by atoms with Gasteiger partial charge in [0.05, 0.1) is 0 Å². The molecule has 1 amide bonds. The van der Waals surface area contributed by atoms with E-state index < -0.39 is 0 Å². The minimum atomic E-state index is 0.228. The van der Waals surface area contributed by atoms with E-state index in [9.17, 15) is 4.79 Å². The molecule has 0 aromatic rings. The topological polar surface area (TPSA) is 55.1 Å². The maximum atomic E-state index is 12.1. The van der Waals surface area contributed by atoms with Crippen molar-refractivity contribution in [3.05, 3.63) is 0 Å². The molecule has 1 rings (SSSR count). The average Bonchev–Trinajstić information content (AvgIpc) is 2.44. The van der Waals surface area contributed by atoms with Gasteiger partial charge in [-0.15, -0.1) is 0 Å². The van der Waals surface area contributed by atoms with E-state index >= 15 is 0 Å². The third-order valence-corrected chi connectivity index (χ3v) is 4.97. The summed E-state index contributed by atoms with van der Waals surface area (Å²) < 4.78 is 0. The zero-order valence-electron chi connectivity index (χ0n) is 13.7. The zero-order valence-corrected chi connectivity index (χ0v) is 13.7. The number of nitrogens with one attached hydrogen (secondary N) is 1. The number of rotatable bonds is 8. The molecule has 1 aliphatic carbocycles. The van der Waals surface area contributed by atoms with E-state index in [2.05, 4.69) is 26.1 Å². The van der Waals surface area contributed by atoms with Crippen LogP contribution < -0.4 is 11.1 Å². The summed E-state index contributed by atoms with van der Waals surface area (Å²) in [7, 11) is 0. The summed E-state index contributed by atoms with van der Waals surface area (Å²) in [5, 5.41) is 3.22. The Hall–Kier alpha value is -0.570. The van der Waals surface area contributed by atoms with Gasteiger partial charge < -0.3 is 11.1 Å². The predicted octanol–water partition coefficient (Wildman–Crippen LogP) is 3.47. The molecular weight excluding hydrogens is 248 g/mol. The maximum Gasteiger partial charge on any atom is 0.220 e. The minimum absolute atomic E-state index is 0.228. The molecule has 0 aromatic heterocycles. The summed E-state index contributed by atoms with van der Waals surface area (Å²) in [5.74, 6) is 2.11. The summed E-state index contributed by atoms with van der Waals surface area (Å²) >= 11 is 0. The van der Waals surface area contributed by atoms with Crippen molar-refractivity contribution in [2.45, 2.75) is 78.2 Å². The van der Waals surface area contributed by atoms with Crippen LogP contribution in [-0.2, 0) is 4.79 Å². The lowest BCUT2D eigenvalue weighted by molar-refractivity contribution is -0.122. The van der Waals surface area contributed by atoms with Gasteiger partial charge in [0.2, 0.25) is 5.91 Å². The fourth-order valence-electron chi connectivity index (χ4n) is 3.42. The summed E-state index contributed by atoms with van der Waals surface area (Å²) in [5.41, 5.74) is 5.65. The van der Waals surface area contributed by atoms with Crippen molar-refractivity contribution in [2.75, 3.05) is 6.54 Å². The molecule has 1 fully saturated rings. The lowest BCUT2D eigenvalue weighted by Crippen LogP contribution is -2.39. The van der Waals surface area contributed by atoms with Gasteiger partial charge in [-0.3, -0.25) is 4.79 Å². The monoisotopic (exact) mass is 282 g/mol. The Kier molecular flexibility index (Phi) is 8.20. The van der Waals surface area contributed by atoms with Gasteiger partial charge in [0, 0.05) is 12.5 Å². The van der Waals surface area contributed by atoms with Crippen molar-refractivity contribution in [2.24, 2.45) is 23.5 Å². The molecule has 1 saturated carbocycles. The standard InChI is InChI=1S/C17H34N2O/c1-13(2)15(11-12-18)9-10-17(20)19-14(3)16-7-5-4-6-8-16/h13-16H,4-12,18H2,1-3H3,(H,19,20)/t14-,15?/m0/s1. The Balaban J connectivity index is 2.27. The fourth-order valence-corrected chi connectivity index (χ4v) is 3.42. The second-order valence-corrected chi connectivity index (χ2v) is 6.87. The summed E-state index contributed by atoms with van der Waals surface area (Å²) in [4.78, 5) is 12.1. The van der Waals surface area contributed by atoms with E-state index in [1.807, 2.05) is 0 Å². The largest absolute Gasteiger partial charge is 0.353 e. The van der Waals surface area contributed by atoms with Gasteiger partial charge in [0.1, 0.15) is 0 Å². The SMILES string of the molecule is CC(C)C(CCN)CCC(=O)N[C@@H](C)C1CCCCC1. The van der Waals surface area contributed by atoms with Gasteiger partial charge in [-0.2, -0.15) is 0 Å². The molecule has 0 aromatic carbocycles. The molecule has 0 heterocycles. The second kappa shape index (κ2) is 9.38. The molecule has 0 aliphatic heterocycles. The molecular formula is C17H34N2O. The summed E-state index contributed by atoms with van der Waals surface area (Å²) in [6, 6.07) is 0.342. The van der Waals surface area contributed by atoms with Crippen molar-refractivity contribution in [1.82, 2.24) is 5.32 Å². The molecule has 3 N–H and O–H groups in total. The van der Waals surface area contributed by atoms with E-state index in [1.165, 1.54) is 32.1 Å². The van der Waals surface area contributed by atoms with Crippen LogP contribution in [0.5, 0.6) is 0 Å². The van der Waals surface area contributed by atoms with Crippen molar-refractivity contribution >= 4 is 5.91 Å². The smallest absolute Gasteiger partial charge is 0.220 e. The molecule has 1 aliphatic rings. The first kappa shape index (κ1) is 17.5. The van der Waals surface area contributed by atoms with Crippen LogP contribution in [0, 0.1) is 17.8 Å². The number of carbonyl (C=O) groups excluding carboxylic acids is 1. The van der Waals surface area contributed by atoms with Gasteiger partial charge in [0.25, 0.3) is 0 Å². The number of hydrogen-bond acceptors (Lipinski definition) is 2. The molecule has 3 nitrogen and oxygen atoms in total. The first-order valence-electron chi connectivity index (χ1n) is 8.54. The highest BCUT2D eigenvalue weighted by Crippen LogP contribution is 2.26. The van der Waals surface area contributed by atoms with Crippen LogP contribution in [-0.4, -0.2) is 18.5 Å². The van der Waals surface area contributed by atoms with Crippen LogP contribution >= 0.6 is 0 Å². The molecule has 1 unspecified atom stereocenters. The van der Waals surface area contributed by atoms with Crippen molar-refractivity contribution in [1.29, 1.82) is 0 Å². The number of hydrogen-bond donors (Lipinski definition) is 2. The van der Waals surface area contributed by atoms with Crippen molar-refractivity contribution < 1.29 is 4.79 Å². The molecule has 2 atom stereocenters. The van der Waals surface area contributed by atoms with Crippen LogP contribution in [0.3, 0.4) is 0 Å². The van der Waals surface area contributed by atoms with Crippen LogP contribution in [0.4, 0.5) is 0 Å². The second-order valence-electron chi connectivity index (χ2n) is 6.87. The molecule has 20 heavy (non-hydrogen) atoms. The maximum absolute atomic E-state index is 12.1. The molecule has 0 spiro atoms. The van der Waals surface area contributed by atoms with Gasteiger partial charge in [0.15, 0.2) is 0 Å². The fraction of sp³-hybridized carbons (Fsp3) is 0.941. The number of nitrogens with two attached hydrogens (primary N) is 1. The normalized spacial score (nSPS) is 19.9. The summed E-state index contributed by atoms with van der Waals surface area (Å²) in [6.07, 6.45) is 9.24. The third-order valence-electron chi connectivity index (χ3n) is 4.97. The number of carbonyl (C=O) groups is 1. The quantitative estimate of drug-likeness (QED) is 0.716. The predicted molar refractivity (Wildman–Crippen MR) is 85.4 cm³/mol. The van der Waals surface area contributed by atoms with Gasteiger partial charge in [-0.1, -0.05) is 33.1 Å². The van der Waals surface area contributed by atoms with E-state index in [1.54, 1.807) is 0 Å². The van der Waals surface area contributed by atoms with Gasteiger partial charge in [-0.25, -0.2) is 0 Å². The first-order valence-corrected chi connectivity index (χ1v) is 8.54. The van der Waals surface area contributed by atoms with E-state index in [0.717, 1.165) is 19.4 Å². The lowest BCUT2D eigenvalue weighted by Gasteiger charge is -2.28. The van der Waals surface area contributed by atoms with Gasteiger partial charge >= 0.3 is 0 Å². The van der Waals surface area contributed by atoms with Crippen LogP contribution in [0.1, 0.15) is 72.1 Å². The van der Waals surface area contributed by atoms with Crippen LogP contribution in [0.25, 0.3) is 0 Å². The molecule has 118 valence electrons. The lowest BCUT2D eigenvalue weighted by atomic mass is 9.84. The highest BCUT2D eigenvalue weighted by Gasteiger charge is 2.22. The highest BCUT2D eigenvalue weighted by atomic mass is 16.1. The molecule has 0 bridgehead atoms. The molecule has 0 saturated heterocycles. The van der Waals surface area contributed by atoms with Crippen molar-refractivity contribution in [3.63, 3.8) is 0 Å². The third kappa shape index (κ3) is 6.25. The molecule has 0 radical (unpaired) electrons. The summed E-state index contributed by atoms with van der Waals surface area (Å²) in [6.45, 7) is 7.35. The Morgan fingerprint density at radius 1 is 1.15 bits per heavy atom. The van der Waals surface area contributed by atoms with Crippen LogP contribution in [0.15, 0.2) is 0 Å². The Morgan fingerprint density at radius 3 is 2.35 bits per heavy atom. The van der Waals surface area contributed by atoms with Crippen molar-refractivity contribution in [3.8, 4) is 0 Å². The zero-order chi connectivity index (χ0) is 15.0. The minimum Gasteiger partial charge on any atom is -0.353 e. The van der Waals surface area contributed by atoms with E-state index in [0.29, 0.717) is 30.2 Å². The van der Waals surface area contributed by atoms with Crippen LogP contribution in [0.2, 0.25) is 0 Å². The Labute approximate surface area is 125 Å². The van der Waals surface area contributed by atoms with E-state index in [-0.39, 0.29) is 5.91 Å². The Bertz CT molecular complexity index is 272. The molecule has 3 heteroatoms. The highest BCUT2D eigenvalue weighted by molar-refractivity contribution is 5.76. The number of amides is 1. The average molecular weight is 282 g/mol.